The summed E-state index contributed by atoms with van der Waals surface area (Å²) in [7, 11) is 0. The summed E-state index contributed by atoms with van der Waals surface area (Å²) in [6.45, 7) is 38.5. The number of nitrogens with zero attached hydrogens (tertiary/aromatic N) is 12. The molecule has 12 N–H and O–H groups in total. The Morgan fingerprint density at radius 1 is 0.200 bits per heavy atom. The molecule has 0 aliphatic rings. The van der Waals surface area contributed by atoms with Crippen LogP contribution in [0.5, 0.6) is 0 Å². The Hall–Kier alpha value is -4.02. The van der Waals surface area contributed by atoms with Crippen molar-refractivity contribution in [3.63, 3.8) is 0 Å². The molecule has 120 heavy (non-hydrogen) atoms. The first-order valence-electron chi connectivity index (χ1n) is 36.6. The number of aliphatic hydroxyl groups excluding tert-OH is 12. The number of benzene rings is 6. The standard InChI is InChI=1S/6C13H21NO2.6CHNS.6Fe/c6*1-11-3-4-12(2)13(9-11)10-14(5-7-15)6-8-16;6*2-1-3;;;;;;/h6*3-4,9,15-16H,5-8,10H2,1-2H3;6*3H;;;;;;/q;;;;;;;;;;;;6*+2/p-6. The maximum absolute atomic E-state index is 8.94. The Balaban J connectivity index is -0.000000111. The summed E-state index contributed by atoms with van der Waals surface area (Å²) >= 11 is 22.2. The number of nitriles is 6. The minimum absolute atomic E-state index is 0. The molecule has 0 spiro atoms. The molecular formula is C84H126Fe6N12O12S6+6. The second-order valence-corrected chi connectivity index (χ2v) is 26.6. The Kier molecular flexibility index (Phi) is 119. The van der Waals surface area contributed by atoms with E-state index in [2.05, 4.69) is 297 Å². The van der Waals surface area contributed by atoms with Gasteiger partial charge in [-0.1, -0.05) is 175 Å². The van der Waals surface area contributed by atoms with E-state index in [0.29, 0.717) is 78.5 Å². The molecule has 6 aromatic carbocycles. The number of aliphatic hydroxyl groups is 12. The Labute approximate surface area is 814 Å². The van der Waals surface area contributed by atoms with Gasteiger partial charge in [0.05, 0.1) is 79.3 Å². The zero-order valence-electron chi connectivity index (χ0n) is 70.9. The molecule has 0 bridgehead atoms. The fourth-order valence-corrected chi connectivity index (χ4v) is 10.6. The molecule has 0 saturated carbocycles. The molecule has 6 rings (SSSR count). The van der Waals surface area contributed by atoms with E-state index < -0.39 is 0 Å². The SMILES string of the molecule is Cc1ccc(C)c(CN(CCO)CCO)c1.Cc1ccc(C)c(CN(CCO)CCO)c1.Cc1ccc(C)c(CN(CCO)CCO)c1.Cc1ccc(C)c(CN(CCO)CCO)c1.Cc1ccc(C)c(CN(CCO)CCO)c1.Cc1ccc(C)c(CN(CCO)CCO)c1.N#C[S-].N#C[S-].N#C[S-].N#C[S-].N#C[S-].N#C[S-].[Fe+2].[Fe+2].[Fe+2].[Fe+2].[Fe+2].[Fe+2]. The minimum Gasteiger partial charge on any atom is -0.696 e. The van der Waals surface area contributed by atoms with Crippen LogP contribution in [0.3, 0.4) is 0 Å². The predicted molar refractivity (Wildman–Crippen MR) is 470 cm³/mol. The van der Waals surface area contributed by atoms with Crippen molar-refractivity contribution in [2.24, 2.45) is 0 Å². The van der Waals surface area contributed by atoms with E-state index in [-0.39, 0.29) is 182 Å². The van der Waals surface area contributed by atoms with Gasteiger partial charge in [-0.05, 0) is 150 Å². The van der Waals surface area contributed by atoms with Crippen LogP contribution in [0.15, 0.2) is 109 Å². The number of rotatable bonds is 36. The van der Waals surface area contributed by atoms with Crippen LogP contribution < -0.4 is 0 Å². The monoisotopic (exact) mass is 2020 g/mol. The predicted octanol–water partition coefficient (Wildman–Crippen LogP) is 6.61. The first-order valence-corrected chi connectivity index (χ1v) is 39.1. The van der Waals surface area contributed by atoms with Crippen LogP contribution in [0.4, 0.5) is 0 Å². The number of hydrogen-bond donors (Lipinski definition) is 12. The van der Waals surface area contributed by atoms with Crippen molar-refractivity contribution < 1.29 is 164 Å². The van der Waals surface area contributed by atoms with Gasteiger partial charge in [-0.15, -0.1) is 0 Å². The molecule has 0 heterocycles. The normalized spacial score (nSPS) is 9.20. The quantitative estimate of drug-likeness (QED) is 0.0112. The van der Waals surface area contributed by atoms with Crippen molar-refractivity contribution in [1.82, 2.24) is 29.4 Å². The summed E-state index contributed by atoms with van der Waals surface area (Å²) in [5.74, 6) is 0. The van der Waals surface area contributed by atoms with Gasteiger partial charge in [0.15, 0.2) is 0 Å². The van der Waals surface area contributed by atoms with Crippen LogP contribution in [0.2, 0.25) is 0 Å². The number of aryl methyl sites for hydroxylation is 12. The van der Waals surface area contributed by atoms with E-state index in [4.69, 9.17) is 92.8 Å². The summed E-state index contributed by atoms with van der Waals surface area (Å²) in [6.07, 6.45) is 0. The van der Waals surface area contributed by atoms with Gasteiger partial charge < -0.3 is 137 Å². The van der Waals surface area contributed by atoms with Crippen molar-refractivity contribution >= 4 is 75.8 Å². The molecule has 0 aliphatic carbocycles. The molecule has 0 unspecified atom stereocenters. The van der Waals surface area contributed by atoms with Gasteiger partial charge in [-0.3, -0.25) is 29.4 Å². The summed E-state index contributed by atoms with van der Waals surface area (Å²) < 4.78 is 0. The van der Waals surface area contributed by atoms with Crippen LogP contribution in [0.25, 0.3) is 0 Å². The third-order valence-corrected chi connectivity index (χ3v) is 16.4. The summed E-state index contributed by atoms with van der Waals surface area (Å²) in [4.78, 5) is 12.3. The molecular weight excluding hydrogens is 1900 g/mol. The van der Waals surface area contributed by atoms with Crippen LogP contribution in [0, 0.1) is 147 Å². The minimum atomic E-state index is 0. The Morgan fingerprint density at radius 3 is 0.358 bits per heavy atom. The van der Waals surface area contributed by atoms with Crippen molar-refractivity contribution in [3.05, 3.63) is 209 Å². The van der Waals surface area contributed by atoms with Gasteiger partial charge in [0.25, 0.3) is 0 Å². The topological polar surface area (TPSA) is 405 Å². The molecule has 0 fully saturated rings. The Morgan fingerprint density at radius 2 is 0.283 bits per heavy atom. The molecule has 24 nitrogen and oxygen atoms in total. The maximum atomic E-state index is 8.94. The summed E-state index contributed by atoms with van der Waals surface area (Å²) in [5, 5.41) is 158. The number of hydrogen-bond acceptors (Lipinski definition) is 30. The van der Waals surface area contributed by atoms with Crippen LogP contribution in [-0.4, -0.2) is 248 Å². The first kappa shape index (κ1) is 142. The van der Waals surface area contributed by atoms with Gasteiger partial charge in [0.1, 0.15) is 0 Å². The van der Waals surface area contributed by atoms with Crippen molar-refractivity contribution in [2.75, 3.05) is 158 Å². The van der Waals surface area contributed by atoms with Gasteiger partial charge in [0.2, 0.25) is 0 Å². The van der Waals surface area contributed by atoms with Crippen molar-refractivity contribution in [1.29, 1.82) is 31.6 Å². The van der Waals surface area contributed by atoms with E-state index in [1.165, 1.54) is 133 Å². The Bertz CT molecular complexity index is 3030. The molecule has 0 atom stereocenters. The molecule has 6 aromatic rings. The molecule has 672 valence electrons. The van der Waals surface area contributed by atoms with Gasteiger partial charge in [-0.25, -0.2) is 31.6 Å². The summed E-state index contributed by atoms with van der Waals surface area (Å²) in [6, 6.07) is 38.2. The number of thiocyanates is 6. The molecule has 0 radical (unpaired) electrons. The smallest absolute Gasteiger partial charge is 0.696 e. The average Bonchev–Trinajstić information content (AvgIpc) is 0.911. The molecule has 36 heteroatoms. The summed E-state index contributed by atoms with van der Waals surface area (Å²) in [5.41, 5.74) is 22.6. The van der Waals surface area contributed by atoms with Gasteiger partial charge >= 0.3 is 102 Å². The second-order valence-electron chi connectivity index (χ2n) is 25.5. The van der Waals surface area contributed by atoms with Crippen molar-refractivity contribution in [3.8, 4) is 32.4 Å². The largest absolute Gasteiger partial charge is 2.00 e. The van der Waals surface area contributed by atoms with Crippen molar-refractivity contribution in [2.45, 2.75) is 122 Å². The fourth-order valence-electron chi connectivity index (χ4n) is 10.6. The van der Waals surface area contributed by atoms with E-state index in [9.17, 15) is 0 Å². The van der Waals surface area contributed by atoms with Crippen LogP contribution >= 0.6 is 0 Å². The molecule has 0 saturated heterocycles. The van der Waals surface area contributed by atoms with E-state index in [1.54, 1.807) is 0 Å². The third-order valence-electron chi connectivity index (χ3n) is 16.4. The van der Waals surface area contributed by atoms with E-state index in [0.717, 1.165) is 39.3 Å². The first-order chi connectivity index (χ1) is 54.5. The second kappa shape index (κ2) is 100. The molecule has 0 amide bonds. The average molecular weight is 2020 g/mol. The molecule has 0 aliphatic heterocycles. The van der Waals surface area contributed by atoms with Gasteiger partial charge in [0, 0.05) is 118 Å². The van der Waals surface area contributed by atoms with Crippen LogP contribution in [0.1, 0.15) is 100 Å². The zero-order valence-corrected chi connectivity index (χ0v) is 82.4. The third kappa shape index (κ3) is 81.0. The van der Waals surface area contributed by atoms with Crippen LogP contribution in [-0.2, 0) is 217 Å². The van der Waals surface area contributed by atoms with E-state index >= 15 is 0 Å². The maximum Gasteiger partial charge on any atom is 2.00 e. The van der Waals surface area contributed by atoms with Gasteiger partial charge in [-0.2, -0.15) is 0 Å². The van der Waals surface area contributed by atoms with E-state index in [1.807, 2.05) is 0 Å². The molecule has 0 aromatic heterocycles. The fraction of sp³-hybridized carbons (Fsp3) is 0.500. The zero-order chi connectivity index (χ0) is 88.0.